The average molecular weight is 305 g/mol. The van der Waals surface area contributed by atoms with Crippen LogP contribution in [0.25, 0.3) is 0 Å². The molecule has 0 bridgehead atoms. The van der Waals surface area contributed by atoms with Crippen LogP contribution in [0.3, 0.4) is 0 Å². The molecule has 0 aliphatic heterocycles. The summed E-state index contributed by atoms with van der Waals surface area (Å²) in [6, 6.07) is 17.7. The molecule has 0 fully saturated rings. The van der Waals surface area contributed by atoms with Gasteiger partial charge in [0.25, 0.3) is 0 Å². The van der Waals surface area contributed by atoms with Crippen LogP contribution in [0.5, 0.6) is 5.75 Å². The number of hydrogen-bond donors (Lipinski definition) is 1. The van der Waals surface area contributed by atoms with Gasteiger partial charge in [-0.15, -0.1) is 0 Å². The number of hydrogen-bond acceptors (Lipinski definition) is 4. The van der Waals surface area contributed by atoms with E-state index in [1.165, 1.54) is 0 Å². The number of nitrogens with zero attached hydrogens (tertiary/aromatic N) is 2. The number of benzene rings is 2. The second-order valence-electron chi connectivity index (χ2n) is 4.83. The van der Waals surface area contributed by atoms with Gasteiger partial charge in [0.15, 0.2) is 0 Å². The van der Waals surface area contributed by atoms with E-state index in [4.69, 9.17) is 15.3 Å². The molecule has 0 unspecified atom stereocenters. The van der Waals surface area contributed by atoms with Crippen molar-refractivity contribution in [3.05, 3.63) is 59.7 Å². The van der Waals surface area contributed by atoms with Gasteiger partial charge in [0.1, 0.15) is 5.75 Å². The first-order chi connectivity index (χ1) is 11.2. The van der Waals surface area contributed by atoms with Crippen molar-refractivity contribution in [1.29, 1.82) is 10.5 Å². The van der Waals surface area contributed by atoms with Crippen LogP contribution in [0, 0.1) is 22.7 Å². The lowest BCUT2D eigenvalue weighted by Gasteiger charge is -2.07. The highest BCUT2D eigenvalue weighted by Crippen LogP contribution is 2.13. The van der Waals surface area contributed by atoms with E-state index in [9.17, 15) is 4.79 Å². The maximum Gasteiger partial charge on any atom is 0.224 e. The molecule has 2 aromatic carbocycles. The van der Waals surface area contributed by atoms with Crippen LogP contribution in [0.4, 0.5) is 5.69 Å². The first-order valence-corrected chi connectivity index (χ1v) is 7.14. The van der Waals surface area contributed by atoms with E-state index in [-0.39, 0.29) is 5.91 Å². The lowest BCUT2D eigenvalue weighted by atomic mass is 10.2. The molecule has 0 heterocycles. The number of rotatable bonds is 6. The number of nitriles is 2. The third kappa shape index (κ3) is 5.18. The summed E-state index contributed by atoms with van der Waals surface area (Å²) in [5.74, 6) is 0.514. The number of carbonyl (C=O) groups is 1. The van der Waals surface area contributed by atoms with Crippen LogP contribution >= 0.6 is 0 Å². The summed E-state index contributed by atoms with van der Waals surface area (Å²) in [4.78, 5) is 11.8. The highest BCUT2D eigenvalue weighted by molar-refractivity contribution is 5.90. The fourth-order valence-electron chi connectivity index (χ4n) is 1.93. The summed E-state index contributed by atoms with van der Waals surface area (Å²) in [7, 11) is 0. The molecule has 2 aromatic rings. The SMILES string of the molecule is N#Cc1ccc(NC(=O)CCCOc2cccc(C#N)c2)cc1. The van der Waals surface area contributed by atoms with E-state index < -0.39 is 0 Å². The second-order valence-corrected chi connectivity index (χ2v) is 4.83. The molecular formula is C18H15N3O2. The third-order valence-corrected chi connectivity index (χ3v) is 3.08. The van der Waals surface area contributed by atoms with Gasteiger partial charge in [-0.1, -0.05) is 6.07 Å². The molecule has 0 spiro atoms. The lowest BCUT2D eigenvalue weighted by Crippen LogP contribution is -2.12. The molecule has 0 aliphatic carbocycles. The monoisotopic (exact) mass is 305 g/mol. The van der Waals surface area contributed by atoms with Crippen molar-refractivity contribution in [2.24, 2.45) is 0 Å². The normalized spacial score (nSPS) is 9.48. The molecule has 1 amide bonds. The zero-order chi connectivity index (χ0) is 16.5. The largest absolute Gasteiger partial charge is 0.494 e. The molecule has 5 nitrogen and oxygen atoms in total. The standard InChI is InChI=1S/C18H15N3O2/c19-12-14-6-8-16(9-7-14)21-18(22)5-2-10-23-17-4-1-3-15(11-17)13-20/h1,3-4,6-9,11H,2,5,10H2,(H,21,22). The first kappa shape index (κ1) is 16.1. The zero-order valence-electron chi connectivity index (χ0n) is 12.5. The predicted octanol–water partition coefficient (Wildman–Crippen LogP) is 3.23. The van der Waals surface area contributed by atoms with Gasteiger partial charge in [0.05, 0.1) is 29.9 Å². The molecule has 114 valence electrons. The van der Waals surface area contributed by atoms with Crippen LogP contribution < -0.4 is 10.1 Å². The van der Waals surface area contributed by atoms with Gasteiger partial charge in [0, 0.05) is 12.1 Å². The third-order valence-electron chi connectivity index (χ3n) is 3.08. The summed E-state index contributed by atoms with van der Waals surface area (Å²) in [5, 5.41) is 20.3. The Bertz CT molecular complexity index is 755. The molecule has 5 heteroatoms. The van der Waals surface area contributed by atoms with E-state index in [0.717, 1.165) is 0 Å². The van der Waals surface area contributed by atoms with Crippen molar-refractivity contribution >= 4 is 11.6 Å². The minimum absolute atomic E-state index is 0.107. The Morgan fingerprint density at radius 1 is 1.04 bits per heavy atom. The minimum atomic E-state index is -0.107. The van der Waals surface area contributed by atoms with Gasteiger partial charge in [-0.05, 0) is 48.9 Å². The Kier molecular flexibility index (Phi) is 5.74. The fraction of sp³-hybridized carbons (Fsp3) is 0.167. The quantitative estimate of drug-likeness (QED) is 0.830. The van der Waals surface area contributed by atoms with Crippen LogP contribution in [-0.2, 0) is 4.79 Å². The Hall–Kier alpha value is -3.31. The molecule has 1 N–H and O–H groups in total. The molecule has 0 atom stereocenters. The lowest BCUT2D eigenvalue weighted by molar-refractivity contribution is -0.116. The van der Waals surface area contributed by atoms with Crippen molar-refractivity contribution in [2.75, 3.05) is 11.9 Å². The zero-order valence-corrected chi connectivity index (χ0v) is 12.5. The van der Waals surface area contributed by atoms with Gasteiger partial charge in [0.2, 0.25) is 5.91 Å². The summed E-state index contributed by atoms with van der Waals surface area (Å²) in [5.41, 5.74) is 1.76. The van der Waals surface area contributed by atoms with Crippen LogP contribution in [-0.4, -0.2) is 12.5 Å². The summed E-state index contributed by atoms with van der Waals surface area (Å²) in [6.07, 6.45) is 0.900. The summed E-state index contributed by atoms with van der Waals surface area (Å²) in [6.45, 7) is 0.398. The summed E-state index contributed by atoms with van der Waals surface area (Å²) < 4.78 is 5.51. The van der Waals surface area contributed by atoms with Crippen molar-refractivity contribution in [2.45, 2.75) is 12.8 Å². The Morgan fingerprint density at radius 2 is 1.78 bits per heavy atom. The second kappa shape index (κ2) is 8.21. The smallest absolute Gasteiger partial charge is 0.224 e. The molecule has 0 saturated heterocycles. The van der Waals surface area contributed by atoms with E-state index >= 15 is 0 Å². The predicted molar refractivity (Wildman–Crippen MR) is 85.7 cm³/mol. The molecule has 0 aromatic heterocycles. The number of nitrogens with one attached hydrogen (secondary N) is 1. The molecule has 0 aliphatic rings. The molecule has 0 radical (unpaired) electrons. The maximum absolute atomic E-state index is 11.8. The van der Waals surface area contributed by atoms with Gasteiger partial charge in [-0.2, -0.15) is 10.5 Å². The Balaban J connectivity index is 1.72. The van der Waals surface area contributed by atoms with E-state index in [1.54, 1.807) is 48.5 Å². The molecular weight excluding hydrogens is 290 g/mol. The van der Waals surface area contributed by atoms with E-state index in [1.807, 2.05) is 12.1 Å². The first-order valence-electron chi connectivity index (χ1n) is 7.14. The highest BCUT2D eigenvalue weighted by atomic mass is 16.5. The molecule has 0 saturated carbocycles. The number of ether oxygens (including phenoxy) is 1. The maximum atomic E-state index is 11.8. The van der Waals surface area contributed by atoms with Gasteiger partial charge < -0.3 is 10.1 Å². The molecule has 2 rings (SSSR count). The summed E-state index contributed by atoms with van der Waals surface area (Å²) >= 11 is 0. The van der Waals surface area contributed by atoms with Crippen LogP contribution in [0.1, 0.15) is 24.0 Å². The Morgan fingerprint density at radius 3 is 2.48 bits per heavy atom. The average Bonchev–Trinajstić information content (AvgIpc) is 2.59. The van der Waals surface area contributed by atoms with E-state index in [0.29, 0.717) is 42.0 Å². The molecule has 23 heavy (non-hydrogen) atoms. The number of anilines is 1. The number of carbonyl (C=O) groups excluding carboxylic acids is 1. The van der Waals surface area contributed by atoms with Gasteiger partial charge in [-0.3, -0.25) is 4.79 Å². The van der Waals surface area contributed by atoms with Crippen molar-refractivity contribution in [3.8, 4) is 17.9 Å². The van der Waals surface area contributed by atoms with Gasteiger partial charge >= 0.3 is 0 Å². The van der Waals surface area contributed by atoms with Crippen molar-refractivity contribution < 1.29 is 9.53 Å². The van der Waals surface area contributed by atoms with E-state index in [2.05, 4.69) is 5.32 Å². The van der Waals surface area contributed by atoms with Crippen molar-refractivity contribution in [1.82, 2.24) is 0 Å². The Labute approximate surface area is 134 Å². The van der Waals surface area contributed by atoms with Crippen LogP contribution in [0.15, 0.2) is 48.5 Å². The number of amides is 1. The minimum Gasteiger partial charge on any atom is -0.494 e. The van der Waals surface area contributed by atoms with Gasteiger partial charge in [-0.25, -0.2) is 0 Å². The highest BCUT2D eigenvalue weighted by Gasteiger charge is 2.03. The van der Waals surface area contributed by atoms with Crippen LogP contribution in [0.2, 0.25) is 0 Å². The fourth-order valence-corrected chi connectivity index (χ4v) is 1.93. The van der Waals surface area contributed by atoms with Crippen molar-refractivity contribution in [3.63, 3.8) is 0 Å². The topological polar surface area (TPSA) is 85.9 Å².